The smallest absolute Gasteiger partial charge is 0.230 e. The molecule has 2 heterocycles. The Hall–Kier alpha value is -2.73. The Morgan fingerprint density at radius 3 is 2.45 bits per heavy atom. The summed E-state index contributed by atoms with van der Waals surface area (Å²) >= 11 is 1.70. The molecule has 0 bridgehead atoms. The van der Waals surface area contributed by atoms with E-state index in [-0.39, 0.29) is 11.8 Å². The molecule has 0 aliphatic carbocycles. The number of benzene rings is 2. The third-order valence-corrected chi connectivity index (χ3v) is 7.15. The molecular weight excluding hydrogens is 406 g/mol. The van der Waals surface area contributed by atoms with E-state index in [0.717, 1.165) is 60.1 Å². The Bertz CT molecular complexity index is 980. The molecule has 4 rings (SSSR count). The molecule has 0 saturated carbocycles. The van der Waals surface area contributed by atoms with Gasteiger partial charge in [0.15, 0.2) is 0 Å². The average Bonchev–Trinajstić information content (AvgIpc) is 3.29. The van der Waals surface area contributed by atoms with Gasteiger partial charge in [-0.3, -0.25) is 4.79 Å². The van der Waals surface area contributed by atoms with Gasteiger partial charge in [-0.2, -0.15) is 0 Å². The first-order valence-corrected chi connectivity index (χ1v) is 11.8. The summed E-state index contributed by atoms with van der Waals surface area (Å²) in [6.45, 7) is 3.67. The number of methoxy groups -OCH3 is 1. The van der Waals surface area contributed by atoms with E-state index in [9.17, 15) is 4.79 Å². The van der Waals surface area contributed by atoms with Crippen LogP contribution in [0.2, 0.25) is 0 Å². The number of aromatic nitrogens is 2. The molecule has 1 saturated heterocycles. The Balaban J connectivity index is 1.34. The molecule has 1 aromatic heterocycles. The van der Waals surface area contributed by atoms with Gasteiger partial charge < -0.3 is 9.64 Å². The van der Waals surface area contributed by atoms with Gasteiger partial charge in [0.2, 0.25) is 5.91 Å². The van der Waals surface area contributed by atoms with Crippen LogP contribution in [-0.2, 0) is 11.2 Å². The number of nitrogens with zero attached hydrogens (tertiary/aromatic N) is 3. The number of rotatable bonds is 7. The lowest BCUT2D eigenvalue weighted by Gasteiger charge is -2.33. The van der Waals surface area contributed by atoms with Gasteiger partial charge >= 0.3 is 0 Å². The van der Waals surface area contributed by atoms with Crippen LogP contribution in [0.15, 0.2) is 54.6 Å². The average molecular weight is 436 g/mol. The molecule has 0 radical (unpaired) electrons. The van der Waals surface area contributed by atoms with Crippen molar-refractivity contribution in [3.8, 4) is 5.75 Å². The third-order valence-electron chi connectivity index (χ3n) is 6.06. The predicted octanol–water partition coefficient (Wildman–Crippen LogP) is 5.04. The van der Waals surface area contributed by atoms with E-state index in [0.29, 0.717) is 5.92 Å². The van der Waals surface area contributed by atoms with Gasteiger partial charge in [0.05, 0.1) is 13.0 Å². The van der Waals surface area contributed by atoms with E-state index in [1.54, 1.807) is 18.4 Å². The second-order valence-corrected chi connectivity index (χ2v) is 9.12. The number of ether oxygens (including phenoxy) is 1. The maximum atomic E-state index is 13.1. The van der Waals surface area contributed by atoms with E-state index in [4.69, 9.17) is 4.74 Å². The quantitative estimate of drug-likeness (QED) is 0.522. The van der Waals surface area contributed by atoms with Crippen molar-refractivity contribution in [3.05, 3.63) is 75.7 Å². The van der Waals surface area contributed by atoms with Gasteiger partial charge in [-0.25, -0.2) is 0 Å². The zero-order chi connectivity index (χ0) is 21.6. The molecule has 1 aliphatic rings. The molecule has 5 nitrogen and oxygen atoms in total. The van der Waals surface area contributed by atoms with E-state index in [2.05, 4.69) is 41.4 Å². The van der Waals surface area contributed by atoms with Crippen LogP contribution >= 0.6 is 11.3 Å². The highest BCUT2D eigenvalue weighted by Gasteiger charge is 2.30. The van der Waals surface area contributed by atoms with Crippen LogP contribution in [-0.4, -0.2) is 41.2 Å². The SMILES string of the molecule is CCC(C(=O)N1CCC(c2nnc(Cc3ccc(OC)cc3)s2)CC1)c1ccccc1. The topological polar surface area (TPSA) is 55.3 Å². The molecule has 1 atom stereocenters. The monoisotopic (exact) mass is 435 g/mol. The fraction of sp³-hybridized carbons (Fsp3) is 0.400. The summed E-state index contributed by atoms with van der Waals surface area (Å²) in [5.74, 6) is 1.46. The molecule has 0 N–H and O–H groups in total. The maximum absolute atomic E-state index is 13.1. The maximum Gasteiger partial charge on any atom is 0.230 e. The van der Waals surface area contributed by atoms with Crippen molar-refractivity contribution in [2.24, 2.45) is 0 Å². The number of hydrogen-bond acceptors (Lipinski definition) is 5. The second kappa shape index (κ2) is 10.1. The van der Waals surface area contributed by atoms with Crippen molar-refractivity contribution in [1.82, 2.24) is 15.1 Å². The van der Waals surface area contributed by atoms with Crippen molar-refractivity contribution < 1.29 is 9.53 Å². The summed E-state index contributed by atoms with van der Waals surface area (Å²) in [5, 5.41) is 11.0. The Morgan fingerprint density at radius 1 is 1.10 bits per heavy atom. The lowest BCUT2D eigenvalue weighted by molar-refractivity contribution is -0.134. The van der Waals surface area contributed by atoms with Crippen molar-refractivity contribution in [3.63, 3.8) is 0 Å². The molecule has 2 aromatic carbocycles. The second-order valence-electron chi connectivity index (χ2n) is 8.03. The lowest BCUT2D eigenvalue weighted by Crippen LogP contribution is -2.40. The summed E-state index contributed by atoms with van der Waals surface area (Å²) in [6, 6.07) is 18.2. The molecule has 6 heteroatoms. The van der Waals surface area contributed by atoms with Crippen molar-refractivity contribution in [2.75, 3.05) is 20.2 Å². The molecule has 1 unspecified atom stereocenters. The van der Waals surface area contributed by atoms with Crippen molar-refractivity contribution in [2.45, 2.75) is 44.4 Å². The highest BCUT2D eigenvalue weighted by Crippen LogP contribution is 2.32. The fourth-order valence-electron chi connectivity index (χ4n) is 4.23. The molecule has 3 aromatic rings. The number of hydrogen-bond donors (Lipinski definition) is 0. The summed E-state index contributed by atoms with van der Waals surface area (Å²) in [5.41, 5.74) is 2.32. The largest absolute Gasteiger partial charge is 0.497 e. The minimum atomic E-state index is -0.0459. The molecule has 1 aliphatic heterocycles. The van der Waals surface area contributed by atoms with Crippen molar-refractivity contribution >= 4 is 17.2 Å². The Morgan fingerprint density at radius 2 is 1.81 bits per heavy atom. The van der Waals surface area contributed by atoms with Crippen LogP contribution in [0.4, 0.5) is 0 Å². The normalized spacial score (nSPS) is 15.6. The van der Waals surface area contributed by atoms with Crippen LogP contribution in [0.25, 0.3) is 0 Å². The summed E-state index contributed by atoms with van der Waals surface area (Å²) in [4.78, 5) is 15.2. The number of carbonyl (C=O) groups is 1. The Kier molecular flexibility index (Phi) is 6.97. The minimum Gasteiger partial charge on any atom is -0.497 e. The van der Waals surface area contributed by atoms with Crippen LogP contribution in [0, 0.1) is 0 Å². The van der Waals surface area contributed by atoms with Gasteiger partial charge in [-0.05, 0) is 42.5 Å². The standard InChI is InChI=1S/C25H29N3O2S/c1-3-22(19-7-5-4-6-8-19)25(29)28-15-13-20(14-16-28)24-27-26-23(31-24)17-18-9-11-21(30-2)12-10-18/h4-12,20,22H,3,13-17H2,1-2H3. The number of piperidine rings is 1. The van der Waals surface area contributed by atoms with Gasteiger partial charge in [-0.1, -0.05) is 49.4 Å². The third kappa shape index (κ3) is 5.13. The minimum absolute atomic E-state index is 0.0459. The summed E-state index contributed by atoms with van der Waals surface area (Å²) in [7, 11) is 1.68. The van der Waals surface area contributed by atoms with Crippen LogP contribution in [0.1, 0.15) is 59.2 Å². The molecule has 1 fully saturated rings. The molecule has 0 spiro atoms. The van der Waals surface area contributed by atoms with Gasteiger partial charge in [0.25, 0.3) is 0 Å². The van der Waals surface area contributed by atoms with Crippen LogP contribution in [0.5, 0.6) is 5.75 Å². The molecular formula is C25H29N3O2S. The van der Waals surface area contributed by atoms with Gasteiger partial charge in [-0.15, -0.1) is 21.5 Å². The molecule has 162 valence electrons. The van der Waals surface area contributed by atoms with Gasteiger partial charge in [0, 0.05) is 25.4 Å². The van der Waals surface area contributed by atoms with Crippen molar-refractivity contribution in [1.29, 1.82) is 0 Å². The lowest BCUT2D eigenvalue weighted by atomic mass is 9.92. The molecule has 31 heavy (non-hydrogen) atoms. The highest BCUT2D eigenvalue weighted by molar-refractivity contribution is 7.11. The van der Waals surface area contributed by atoms with E-state index >= 15 is 0 Å². The summed E-state index contributed by atoms with van der Waals surface area (Å²) < 4.78 is 5.22. The van der Waals surface area contributed by atoms with Crippen LogP contribution in [0.3, 0.4) is 0 Å². The predicted molar refractivity (Wildman–Crippen MR) is 124 cm³/mol. The first kappa shape index (κ1) is 21.5. The first-order chi connectivity index (χ1) is 15.2. The number of likely N-dealkylation sites (tertiary alicyclic amines) is 1. The van der Waals surface area contributed by atoms with E-state index in [1.807, 2.05) is 35.2 Å². The fourth-order valence-corrected chi connectivity index (χ4v) is 5.27. The zero-order valence-electron chi connectivity index (χ0n) is 18.2. The van der Waals surface area contributed by atoms with E-state index < -0.39 is 0 Å². The number of amides is 1. The number of carbonyl (C=O) groups excluding carboxylic acids is 1. The summed E-state index contributed by atoms with van der Waals surface area (Å²) in [6.07, 6.45) is 3.52. The zero-order valence-corrected chi connectivity index (χ0v) is 19.0. The molecule has 1 amide bonds. The van der Waals surface area contributed by atoms with Gasteiger partial charge in [0.1, 0.15) is 15.8 Å². The first-order valence-electron chi connectivity index (χ1n) is 11.0. The van der Waals surface area contributed by atoms with E-state index in [1.165, 1.54) is 5.56 Å². The van der Waals surface area contributed by atoms with Crippen LogP contribution < -0.4 is 4.74 Å². The highest BCUT2D eigenvalue weighted by atomic mass is 32.1. The Labute approximate surface area is 188 Å².